The standard InChI is InChI=1S/C25H23N3O2S2/c1-4-17-8-10-18(11-9-17)21-13-31-24-22(21)25(27-14-26-24)32-16(3)23(30)28-20-7-5-6-19(12-20)15(2)29/h5-14,16H,4H2,1-3H3,(H,28,30). The molecule has 4 rings (SSSR count). The molecule has 1 N–H and O–H groups in total. The van der Waals surface area contributed by atoms with E-state index in [9.17, 15) is 9.59 Å². The van der Waals surface area contributed by atoms with Crippen LogP contribution in [0.25, 0.3) is 21.3 Å². The van der Waals surface area contributed by atoms with Gasteiger partial charge in [-0.15, -0.1) is 11.3 Å². The van der Waals surface area contributed by atoms with Gasteiger partial charge in [-0.2, -0.15) is 0 Å². The summed E-state index contributed by atoms with van der Waals surface area (Å²) in [5.41, 5.74) is 4.66. The predicted octanol–water partition coefficient (Wildman–Crippen LogP) is 6.24. The fourth-order valence-electron chi connectivity index (χ4n) is 3.35. The Labute approximate surface area is 195 Å². The molecule has 0 spiro atoms. The van der Waals surface area contributed by atoms with Crippen LogP contribution in [0.5, 0.6) is 0 Å². The molecule has 2 aromatic heterocycles. The molecule has 0 aliphatic heterocycles. The number of benzene rings is 2. The number of aromatic nitrogens is 2. The van der Waals surface area contributed by atoms with Crippen molar-refractivity contribution in [1.82, 2.24) is 9.97 Å². The normalized spacial score (nSPS) is 12.0. The number of carbonyl (C=O) groups is 2. The summed E-state index contributed by atoms with van der Waals surface area (Å²) in [4.78, 5) is 34.3. The van der Waals surface area contributed by atoms with Gasteiger partial charge >= 0.3 is 0 Å². The zero-order valence-electron chi connectivity index (χ0n) is 18.1. The number of carbonyl (C=O) groups excluding carboxylic acids is 2. The highest BCUT2D eigenvalue weighted by molar-refractivity contribution is 8.00. The van der Waals surface area contributed by atoms with E-state index in [1.54, 1.807) is 41.9 Å². The molecule has 1 unspecified atom stereocenters. The first-order chi connectivity index (χ1) is 15.5. The predicted molar refractivity (Wildman–Crippen MR) is 133 cm³/mol. The molecule has 2 heterocycles. The van der Waals surface area contributed by atoms with Gasteiger partial charge in [0.2, 0.25) is 5.91 Å². The van der Waals surface area contributed by atoms with Gasteiger partial charge in [0.15, 0.2) is 5.78 Å². The molecule has 0 fully saturated rings. The maximum absolute atomic E-state index is 12.8. The number of amides is 1. The van der Waals surface area contributed by atoms with Gasteiger partial charge in [-0.1, -0.05) is 55.1 Å². The molecule has 1 atom stereocenters. The lowest BCUT2D eigenvalue weighted by Crippen LogP contribution is -2.22. The van der Waals surface area contributed by atoms with Crippen LogP contribution >= 0.6 is 23.1 Å². The van der Waals surface area contributed by atoms with Crippen LogP contribution in [-0.4, -0.2) is 26.9 Å². The minimum Gasteiger partial charge on any atom is -0.325 e. The highest BCUT2D eigenvalue weighted by Crippen LogP contribution is 2.39. The van der Waals surface area contributed by atoms with Crippen molar-refractivity contribution in [1.29, 1.82) is 0 Å². The van der Waals surface area contributed by atoms with Gasteiger partial charge < -0.3 is 5.32 Å². The summed E-state index contributed by atoms with van der Waals surface area (Å²) in [7, 11) is 0. The highest BCUT2D eigenvalue weighted by Gasteiger charge is 2.20. The molecule has 0 radical (unpaired) electrons. The minimum absolute atomic E-state index is 0.0381. The van der Waals surface area contributed by atoms with Crippen LogP contribution in [-0.2, 0) is 11.2 Å². The van der Waals surface area contributed by atoms with E-state index >= 15 is 0 Å². The third-order valence-electron chi connectivity index (χ3n) is 5.20. The third-order valence-corrected chi connectivity index (χ3v) is 7.19. The SMILES string of the molecule is CCc1ccc(-c2csc3ncnc(SC(C)C(=O)Nc4cccc(C(C)=O)c4)c23)cc1. The lowest BCUT2D eigenvalue weighted by molar-refractivity contribution is -0.115. The number of anilines is 1. The molecule has 0 aliphatic carbocycles. The van der Waals surface area contributed by atoms with Crippen LogP contribution in [0.15, 0.2) is 65.3 Å². The van der Waals surface area contributed by atoms with Gasteiger partial charge in [0.25, 0.3) is 0 Å². The molecule has 0 bridgehead atoms. The molecule has 4 aromatic rings. The number of ketones is 1. The van der Waals surface area contributed by atoms with Gasteiger partial charge in [0.1, 0.15) is 16.2 Å². The Hall–Kier alpha value is -3.03. The summed E-state index contributed by atoms with van der Waals surface area (Å²) in [5.74, 6) is -0.185. The number of Topliss-reactive ketones (excluding diaryl/α,β-unsaturated/α-hetero) is 1. The largest absolute Gasteiger partial charge is 0.325 e. The molecule has 0 saturated carbocycles. The lowest BCUT2D eigenvalue weighted by atomic mass is 10.0. The van der Waals surface area contributed by atoms with Gasteiger partial charge in [-0.3, -0.25) is 9.59 Å². The van der Waals surface area contributed by atoms with Crippen LogP contribution < -0.4 is 5.32 Å². The Balaban J connectivity index is 1.58. The fourth-order valence-corrected chi connectivity index (χ4v) is 5.26. The Kier molecular flexibility index (Phi) is 6.67. The minimum atomic E-state index is -0.385. The number of nitrogens with one attached hydrogen (secondary N) is 1. The van der Waals surface area contributed by atoms with E-state index in [0.717, 1.165) is 32.8 Å². The highest BCUT2D eigenvalue weighted by atomic mass is 32.2. The summed E-state index contributed by atoms with van der Waals surface area (Å²) in [6.45, 7) is 5.50. The zero-order valence-corrected chi connectivity index (χ0v) is 19.7. The van der Waals surface area contributed by atoms with Crippen molar-refractivity contribution in [3.8, 4) is 11.1 Å². The Morgan fingerprint density at radius 3 is 2.62 bits per heavy atom. The van der Waals surface area contributed by atoms with Crippen LogP contribution in [0.2, 0.25) is 0 Å². The molecule has 32 heavy (non-hydrogen) atoms. The lowest BCUT2D eigenvalue weighted by Gasteiger charge is -2.13. The molecule has 0 saturated heterocycles. The molecule has 5 nitrogen and oxygen atoms in total. The molecule has 2 aromatic carbocycles. The van der Waals surface area contributed by atoms with Crippen molar-refractivity contribution in [2.45, 2.75) is 37.5 Å². The van der Waals surface area contributed by atoms with Crippen LogP contribution in [0, 0.1) is 0 Å². The molecular formula is C25H23N3O2S2. The first-order valence-corrected chi connectivity index (χ1v) is 12.1. The summed E-state index contributed by atoms with van der Waals surface area (Å²) in [6.07, 6.45) is 2.54. The monoisotopic (exact) mass is 461 g/mol. The van der Waals surface area contributed by atoms with E-state index in [1.807, 2.05) is 6.92 Å². The summed E-state index contributed by atoms with van der Waals surface area (Å²) in [6, 6.07) is 15.5. The topological polar surface area (TPSA) is 72.0 Å². The van der Waals surface area contributed by atoms with Crippen molar-refractivity contribution in [2.75, 3.05) is 5.32 Å². The second kappa shape index (κ2) is 9.63. The van der Waals surface area contributed by atoms with E-state index in [0.29, 0.717) is 11.3 Å². The van der Waals surface area contributed by atoms with Crippen molar-refractivity contribution in [3.05, 3.63) is 71.4 Å². The van der Waals surface area contributed by atoms with E-state index in [4.69, 9.17) is 0 Å². The average molecular weight is 462 g/mol. The van der Waals surface area contributed by atoms with E-state index in [-0.39, 0.29) is 16.9 Å². The van der Waals surface area contributed by atoms with Gasteiger partial charge in [0, 0.05) is 22.2 Å². The number of hydrogen-bond acceptors (Lipinski definition) is 6. The molecule has 7 heteroatoms. The first-order valence-electron chi connectivity index (χ1n) is 10.4. The maximum Gasteiger partial charge on any atom is 0.237 e. The summed E-state index contributed by atoms with van der Waals surface area (Å²) in [5, 5.41) is 6.38. The van der Waals surface area contributed by atoms with Crippen molar-refractivity contribution >= 4 is 50.7 Å². The van der Waals surface area contributed by atoms with Gasteiger partial charge in [-0.25, -0.2) is 9.97 Å². The fraction of sp³-hybridized carbons (Fsp3) is 0.200. The zero-order chi connectivity index (χ0) is 22.7. The van der Waals surface area contributed by atoms with E-state index in [1.165, 1.54) is 24.2 Å². The molecular weight excluding hydrogens is 438 g/mol. The number of rotatable bonds is 7. The third kappa shape index (κ3) is 4.74. The number of nitrogens with zero attached hydrogens (tertiary/aromatic N) is 2. The molecule has 162 valence electrons. The number of hydrogen-bond donors (Lipinski definition) is 1. The Morgan fingerprint density at radius 1 is 1.12 bits per heavy atom. The quantitative estimate of drug-likeness (QED) is 0.200. The Morgan fingerprint density at radius 2 is 1.91 bits per heavy atom. The van der Waals surface area contributed by atoms with Crippen molar-refractivity contribution < 1.29 is 9.59 Å². The number of thioether (sulfide) groups is 1. The molecule has 1 amide bonds. The summed E-state index contributed by atoms with van der Waals surface area (Å²) >= 11 is 2.99. The van der Waals surface area contributed by atoms with Crippen molar-refractivity contribution in [3.63, 3.8) is 0 Å². The number of fused-ring (bicyclic) bond motifs is 1. The van der Waals surface area contributed by atoms with Crippen molar-refractivity contribution in [2.24, 2.45) is 0 Å². The smallest absolute Gasteiger partial charge is 0.237 e. The van der Waals surface area contributed by atoms with Crippen LogP contribution in [0.4, 0.5) is 5.69 Å². The van der Waals surface area contributed by atoms with E-state index in [2.05, 4.69) is 51.9 Å². The first kappa shape index (κ1) is 22.2. The second-order valence-corrected chi connectivity index (χ2v) is 9.63. The Bertz CT molecular complexity index is 1280. The maximum atomic E-state index is 12.8. The van der Waals surface area contributed by atoms with Crippen LogP contribution in [0.1, 0.15) is 36.7 Å². The van der Waals surface area contributed by atoms with Gasteiger partial charge in [-0.05, 0) is 43.5 Å². The summed E-state index contributed by atoms with van der Waals surface area (Å²) < 4.78 is 0. The second-order valence-electron chi connectivity index (χ2n) is 7.45. The van der Waals surface area contributed by atoms with E-state index < -0.39 is 0 Å². The number of aryl methyl sites for hydroxylation is 1. The number of thiophene rings is 1. The average Bonchev–Trinajstić information content (AvgIpc) is 3.24. The van der Waals surface area contributed by atoms with Gasteiger partial charge in [0.05, 0.1) is 10.6 Å². The van der Waals surface area contributed by atoms with Crippen LogP contribution in [0.3, 0.4) is 0 Å². The molecule has 0 aliphatic rings.